The zero-order valence-electron chi connectivity index (χ0n) is 20.2. The number of carbonyl (C=O) groups excluding carboxylic acids is 2. The van der Waals surface area contributed by atoms with E-state index < -0.39 is 11.7 Å². The van der Waals surface area contributed by atoms with Crippen molar-refractivity contribution in [3.8, 4) is 5.75 Å². The standard InChI is InChI=1S/C28H31NO5/c1-5-32-25(30)15-20-17-29(27(31)34-28(2,3)4)23-16-24(33-18-19-11-7-6-8-12-19)21-13-9-10-14-22(21)26(20)23/h6-14,16,20H,5,15,17-18H2,1-4H3. The second kappa shape index (κ2) is 9.75. The van der Waals surface area contributed by atoms with Crippen molar-refractivity contribution in [2.24, 2.45) is 0 Å². The molecule has 0 saturated carbocycles. The van der Waals surface area contributed by atoms with E-state index >= 15 is 0 Å². The molecule has 0 N–H and O–H groups in total. The third-order valence-corrected chi connectivity index (χ3v) is 5.70. The Morgan fingerprint density at radius 2 is 1.68 bits per heavy atom. The van der Waals surface area contributed by atoms with Gasteiger partial charge in [-0.05, 0) is 44.2 Å². The van der Waals surface area contributed by atoms with Crippen molar-refractivity contribution in [3.05, 3.63) is 71.8 Å². The third-order valence-electron chi connectivity index (χ3n) is 5.70. The highest BCUT2D eigenvalue weighted by molar-refractivity contribution is 6.02. The van der Waals surface area contributed by atoms with Crippen molar-refractivity contribution in [1.82, 2.24) is 0 Å². The highest BCUT2D eigenvalue weighted by Gasteiger charge is 2.38. The summed E-state index contributed by atoms with van der Waals surface area (Å²) in [4.78, 5) is 27.2. The average Bonchev–Trinajstić information content (AvgIpc) is 3.15. The number of ether oxygens (including phenoxy) is 3. The summed E-state index contributed by atoms with van der Waals surface area (Å²) in [7, 11) is 0. The largest absolute Gasteiger partial charge is 0.488 e. The van der Waals surface area contributed by atoms with Gasteiger partial charge in [-0.3, -0.25) is 9.69 Å². The molecule has 1 amide bonds. The highest BCUT2D eigenvalue weighted by atomic mass is 16.6. The van der Waals surface area contributed by atoms with Crippen LogP contribution in [0.1, 0.15) is 51.2 Å². The number of benzene rings is 3. The van der Waals surface area contributed by atoms with Crippen molar-refractivity contribution >= 4 is 28.5 Å². The van der Waals surface area contributed by atoms with Crippen LogP contribution in [0, 0.1) is 0 Å². The van der Waals surface area contributed by atoms with Crippen LogP contribution in [0.2, 0.25) is 0 Å². The van der Waals surface area contributed by atoms with E-state index in [9.17, 15) is 9.59 Å². The van der Waals surface area contributed by atoms with E-state index in [4.69, 9.17) is 14.2 Å². The fraction of sp³-hybridized carbons (Fsp3) is 0.357. The summed E-state index contributed by atoms with van der Waals surface area (Å²) in [5.41, 5.74) is 2.07. The third kappa shape index (κ3) is 5.16. The highest BCUT2D eigenvalue weighted by Crippen LogP contribution is 2.47. The van der Waals surface area contributed by atoms with Crippen LogP contribution in [-0.2, 0) is 20.9 Å². The van der Waals surface area contributed by atoms with Crippen LogP contribution in [0.15, 0.2) is 60.7 Å². The molecule has 0 fully saturated rings. The molecule has 178 valence electrons. The van der Waals surface area contributed by atoms with E-state index in [0.717, 1.165) is 21.9 Å². The van der Waals surface area contributed by atoms with Gasteiger partial charge in [0.25, 0.3) is 0 Å². The first-order chi connectivity index (χ1) is 16.3. The Morgan fingerprint density at radius 3 is 2.35 bits per heavy atom. The fourth-order valence-corrected chi connectivity index (χ4v) is 4.35. The number of carbonyl (C=O) groups is 2. The number of anilines is 1. The SMILES string of the molecule is CCOC(=O)CC1CN(C(=O)OC(C)(C)C)c2cc(OCc3ccccc3)c3ccccc3c21. The monoisotopic (exact) mass is 461 g/mol. The minimum absolute atomic E-state index is 0.189. The molecular weight excluding hydrogens is 430 g/mol. The number of esters is 1. The molecule has 0 aromatic heterocycles. The van der Waals surface area contributed by atoms with Gasteiger partial charge in [0.2, 0.25) is 0 Å². The van der Waals surface area contributed by atoms with E-state index in [1.165, 1.54) is 0 Å². The van der Waals surface area contributed by atoms with Gasteiger partial charge in [0, 0.05) is 23.9 Å². The van der Waals surface area contributed by atoms with Crippen molar-refractivity contribution in [2.45, 2.75) is 52.2 Å². The quantitative estimate of drug-likeness (QED) is 0.408. The minimum Gasteiger partial charge on any atom is -0.488 e. The zero-order valence-corrected chi connectivity index (χ0v) is 20.2. The predicted octanol–water partition coefficient (Wildman–Crippen LogP) is 6.21. The van der Waals surface area contributed by atoms with Crippen molar-refractivity contribution in [1.29, 1.82) is 0 Å². The normalized spacial score (nSPS) is 15.2. The lowest BCUT2D eigenvalue weighted by atomic mass is 9.92. The Bertz CT molecular complexity index is 1180. The fourth-order valence-electron chi connectivity index (χ4n) is 4.35. The van der Waals surface area contributed by atoms with Gasteiger partial charge in [-0.2, -0.15) is 0 Å². The maximum absolute atomic E-state index is 13.2. The first-order valence-corrected chi connectivity index (χ1v) is 11.7. The van der Waals surface area contributed by atoms with Gasteiger partial charge in [-0.25, -0.2) is 4.79 Å². The summed E-state index contributed by atoms with van der Waals surface area (Å²) < 4.78 is 17.2. The molecule has 3 aromatic rings. The van der Waals surface area contributed by atoms with Gasteiger partial charge in [0.15, 0.2) is 0 Å². The summed E-state index contributed by atoms with van der Waals surface area (Å²) >= 11 is 0. The maximum Gasteiger partial charge on any atom is 0.414 e. The molecule has 0 radical (unpaired) electrons. The van der Waals surface area contributed by atoms with Crippen molar-refractivity contribution < 1.29 is 23.8 Å². The molecule has 1 aliphatic heterocycles. The average molecular weight is 462 g/mol. The number of hydrogen-bond acceptors (Lipinski definition) is 5. The minimum atomic E-state index is -0.639. The Kier molecular flexibility index (Phi) is 6.77. The molecule has 1 unspecified atom stereocenters. The summed E-state index contributed by atoms with van der Waals surface area (Å²) in [6.07, 6.45) is -0.252. The van der Waals surface area contributed by atoms with Crippen molar-refractivity contribution in [3.63, 3.8) is 0 Å². The van der Waals surface area contributed by atoms with Crippen LogP contribution >= 0.6 is 0 Å². The van der Waals surface area contributed by atoms with Gasteiger partial charge in [0.1, 0.15) is 18.0 Å². The second-order valence-corrected chi connectivity index (χ2v) is 9.42. The van der Waals surface area contributed by atoms with Gasteiger partial charge >= 0.3 is 12.1 Å². The molecule has 1 aliphatic rings. The maximum atomic E-state index is 13.2. The molecule has 34 heavy (non-hydrogen) atoms. The van der Waals surface area contributed by atoms with Crippen LogP contribution in [0.3, 0.4) is 0 Å². The molecular formula is C28H31NO5. The molecule has 0 bridgehead atoms. The van der Waals surface area contributed by atoms with Crippen LogP contribution in [0.25, 0.3) is 10.8 Å². The van der Waals surface area contributed by atoms with E-state index in [-0.39, 0.29) is 18.3 Å². The summed E-state index contributed by atoms with van der Waals surface area (Å²) in [6.45, 7) is 8.38. The van der Waals surface area contributed by atoms with E-state index in [1.807, 2.05) is 81.4 Å². The number of fused-ring (bicyclic) bond motifs is 3. The Balaban J connectivity index is 1.77. The smallest absolute Gasteiger partial charge is 0.414 e. The molecule has 0 aliphatic carbocycles. The van der Waals surface area contributed by atoms with E-state index in [2.05, 4.69) is 0 Å². The summed E-state index contributed by atoms with van der Waals surface area (Å²) in [5.74, 6) is 0.205. The molecule has 6 heteroatoms. The van der Waals surface area contributed by atoms with Gasteiger partial charge in [-0.1, -0.05) is 54.6 Å². The van der Waals surface area contributed by atoms with Crippen LogP contribution in [0.4, 0.5) is 10.5 Å². The molecule has 1 atom stereocenters. The lowest BCUT2D eigenvalue weighted by molar-refractivity contribution is -0.143. The number of nitrogens with zero attached hydrogens (tertiary/aromatic N) is 1. The first-order valence-electron chi connectivity index (χ1n) is 11.7. The lowest BCUT2D eigenvalue weighted by Gasteiger charge is -2.25. The van der Waals surface area contributed by atoms with Crippen LogP contribution < -0.4 is 9.64 Å². The number of amides is 1. The Morgan fingerprint density at radius 1 is 1.00 bits per heavy atom. The lowest BCUT2D eigenvalue weighted by Crippen LogP contribution is -2.36. The molecule has 6 nitrogen and oxygen atoms in total. The number of hydrogen-bond donors (Lipinski definition) is 0. The molecule has 0 saturated heterocycles. The summed E-state index contributed by atoms with van der Waals surface area (Å²) in [6, 6.07) is 19.8. The molecule has 0 spiro atoms. The van der Waals surface area contributed by atoms with Gasteiger partial charge in [0.05, 0.1) is 18.7 Å². The van der Waals surface area contributed by atoms with Gasteiger partial charge < -0.3 is 14.2 Å². The first kappa shape index (κ1) is 23.6. The van der Waals surface area contributed by atoms with E-state index in [1.54, 1.807) is 11.8 Å². The zero-order chi connectivity index (χ0) is 24.3. The van der Waals surface area contributed by atoms with E-state index in [0.29, 0.717) is 31.2 Å². The molecule has 3 aromatic carbocycles. The van der Waals surface area contributed by atoms with Crippen LogP contribution in [0.5, 0.6) is 5.75 Å². The molecule has 4 rings (SSSR count). The van der Waals surface area contributed by atoms with Crippen molar-refractivity contribution in [2.75, 3.05) is 18.1 Å². The molecule has 1 heterocycles. The topological polar surface area (TPSA) is 65.1 Å². The Hall–Kier alpha value is -3.54. The predicted molar refractivity (Wildman–Crippen MR) is 132 cm³/mol. The van der Waals surface area contributed by atoms with Gasteiger partial charge in [-0.15, -0.1) is 0 Å². The summed E-state index contributed by atoms with van der Waals surface area (Å²) in [5, 5.41) is 1.90. The Labute approximate surface area is 200 Å². The number of rotatable bonds is 6. The van der Waals surface area contributed by atoms with Crippen LogP contribution in [-0.4, -0.2) is 30.8 Å². The second-order valence-electron chi connectivity index (χ2n) is 9.42.